The molecular formula is C16H16FNO2. The predicted octanol–water partition coefficient (Wildman–Crippen LogP) is 3.47. The molecule has 0 aliphatic rings. The molecule has 0 aliphatic heterocycles. The van der Waals surface area contributed by atoms with Crippen molar-refractivity contribution in [3.05, 3.63) is 65.0 Å². The molecule has 0 heterocycles. The molecule has 2 aromatic carbocycles. The summed E-state index contributed by atoms with van der Waals surface area (Å²) in [5.74, 6) is -1.21. The van der Waals surface area contributed by atoms with Gasteiger partial charge in [-0.05, 0) is 42.3 Å². The van der Waals surface area contributed by atoms with Crippen LogP contribution < -0.4 is 4.90 Å². The molecule has 0 atom stereocenters. The minimum Gasteiger partial charge on any atom is -0.478 e. The molecule has 0 radical (unpaired) electrons. The van der Waals surface area contributed by atoms with Gasteiger partial charge in [0.05, 0.1) is 5.56 Å². The molecule has 0 aromatic heterocycles. The van der Waals surface area contributed by atoms with E-state index in [1.807, 2.05) is 18.9 Å². The monoisotopic (exact) mass is 273 g/mol. The summed E-state index contributed by atoms with van der Waals surface area (Å²) in [6.07, 6.45) is 0. The highest BCUT2D eigenvalue weighted by molar-refractivity contribution is 5.89. The highest BCUT2D eigenvalue weighted by Gasteiger charge is 2.10. The average molecular weight is 273 g/mol. The van der Waals surface area contributed by atoms with E-state index in [4.69, 9.17) is 5.11 Å². The Hall–Kier alpha value is -2.36. The molecule has 0 fully saturated rings. The standard InChI is InChI=1S/C16H16FNO2/c1-11-3-6-13(16(19)20)9-15(11)18(2)10-12-4-7-14(17)8-5-12/h3-9H,10H2,1-2H3,(H,19,20). The second kappa shape index (κ2) is 5.74. The van der Waals surface area contributed by atoms with Gasteiger partial charge in [-0.1, -0.05) is 18.2 Å². The molecule has 20 heavy (non-hydrogen) atoms. The van der Waals surface area contributed by atoms with E-state index in [0.717, 1.165) is 16.8 Å². The number of hydrogen-bond acceptors (Lipinski definition) is 2. The normalized spacial score (nSPS) is 10.3. The summed E-state index contributed by atoms with van der Waals surface area (Å²) in [6.45, 7) is 2.52. The summed E-state index contributed by atoms with van der Waals surface area (Å²) in [5.41, 5.74) is 3.08. The van der Waals surface area contributed by atoms with Crippen LogP contribution in [0.5, 0.6) is 0 Å². The number of halogens is 1. The van der Waals surface area contributed by atoms with E-state index < -0.39 is 5.97 Å². The molecule has 0 saturated carbocycles. The van der Waals surface area contributed by atoms with E-state index >= 15 is 0 Å². The largest absolute Gasteiger partial charge is 0.478 e. The van der Waals surface area contributed by atoms with Crippen LogP contribution in [-0.2, 0) is 6.54 Å². The maximum absolute atomic E-state index is 12.9. The molecule has 3 nitrogen and oxygen atoms in total. The van der Waals surface area contributed by atoms with Gasteiger partial charge < -0.3 is 10.0 Å². The van der Waals surface area contributed by atoms with Gasteiger partial charge in [0.15, 0.2) is 0 Å². The number of rotatable bonds is 4. The molecular weight excluding hydrogens is 257 g/mol. The highest BCUT2D eigenvalue weighted by Crippen LogP contribution is 2.22. The summed E-state index contributed by atoms with van der Waals surface area (Å²) >= 11 is 0. The van der Waals surface area contributed by atoms with Crippen LogP contribution in [0, 0.1) is 12.7 Å². The Morgan fingerprint density at radius 1 is 1.20 bits per heavy atom. The zero-order valence-corrected chi connectivity index (χ0v) is 11.4. The van der Waals surface area contributed by atoms with Crippen molar-refractivity contribution < 1.29 is 14.3 Å². The zero-order chi connectivity index (χ0) is 14.7. The van der Waals surface area contributed by atoms with Gasteiger partial charge in [-0.2, -0.15) is 0 Å². The van der Waals surface area contributed by atoms with Crippen LogP contribution in [0.4, 0.5) is 10.1 Å². The molecule has 4 heteroatoms. The van der Waals surface area contributed by atoms with Crippen LogP contribution in [0.3, 0.4) is 0 Å². The smallest absolute Gasteiger partial charge is 0.335 e. The lowest BCUT2D eigenvalue weighted by molar-refractivity contribution is 0.0697. The molecule has 104 valence electrons. The van der Waals surface area contributed by atoms with Crippen molar-refractivity contribution in [2.24, 2.45) is 0 Å². The number of carboxylic acids is 1. The third kappa shape index (κ3) is 3.15. The Morgan fingerprint density at radius 2 is 1.85 bits per heavy atom. The number of aryl methyl sites for hydroxylation is 1. The van der Waals surface area contributed by atoms with Crippen molar-refractivity contribution in [2.75, 3.05) is 11.9 Å². The third-order valence-electron chi connectivity index (χ3n) is 3.20. The Bertz CT molecular complexity index is 623. The van der Waals surface area contributed by atoms with E-state index in [0.29, 0.717) is 6.54 Å². The molecule has 0 unspecified atom stereocenters. The summed E-state index contributed by atoms with van der Waals surface area (Å²) in [5, 5.41) is 9.04. The van der Waals surface area contributed by atoms with Gasteiger partial charge in [0, 0.05) is 19.3 Å². The first-order valence-corrected chi connectivity index (χ1v) is 6.27. The van der Waals surface area contributed by atoms with Gasteiger partial charge in [-0.15, -0.1) is 0 Å². The fourth-order valence-electron chi connectivity index (χ4n) is 2.10. The van der Waals surface area contributed by atoms with Gasteiger partial charge in [0.2, 0.25) is 0 Å². The summed E-state index contributed by atoms with van der Waals surface area (Å²) in [4.78, 5) is 13.0. The van der Waals surface area contributed by atoms with E-state index in [-0.39, 0.29) is 11.4 Å². The summed E-state index contributed by atoms with van der Waals surface area (Å²) in [7, 11) is 1.89. The molecule has 0 saturated heterocycles. The van der Waals surface area contributed by atoms with Crippen molar-refractivity contribution in [3.8, 4) is 0 Å². The van der Waals surface area contributed by atoms with Gasteiger partial charge in [0.25, 0.3) is 0 Å². The predicted molar refractivity (Wildman–Crippen MR) is 76.6 cm³/mol. The van der Waals surface area contributed by atoms with Crippen LogP contribution in [0.25, 0.3) is 0 Å². The topological polar surface area (TPSA) is 40.5 Å². The SMILES string of the molecule is Cc1ccc(C(=O)O)cc1N(C)Cc1ccc(F)cc1. The van der Waals surface area contributed by atoms with Crippen LogP contribution in [0.2, 0.25) is 0 Å². The van der Waals surface area contributed by atoms with Crippen LogP contribution in [-0.4, -0.2) is 18.1 Å². The fraction of sp³-hybridized carbons (Fsp3) is 0.188. The first kappa shape index (κ1) is 14.1. The van der Waals surface area contributed by atoms with Crippen molar-refractivity contribution >= 4 is 11.7 Å². The lowest BCUT2D eigenvalue weighted by Gasteiger charge is -2.22. The fourth-order valence-corrected chi connectivity index (χ4v) is 2.10. The number of benzene rings is 2. The second-order valence-electron chi connectivity index (χ2n) is 4.79. The quantitative estimate of drug-likeness (QED) is 0.927. The average Bonchev–Trinajstić information content (AvgIpc) is 2.41. The van der Waals surface area contributed by atoms with Gasteiger partial charge in [0.1, 0.15) is 5.82 Å². The summed E-state index contributed by atoms with van der Waals surface area (Å²) < 4.78 is 12.9. The first-order valence-electron chi connectivity index (χ1n) is 6.27. The van der Waals surface area contributed by atoms with E-state index in [1.165, 1.54) is 12.1 Å². The number of carboxylic acid groups (broad SMARTS) is 1. The molecule has 0 spiro atoms. The summed E-state index contributed by atoms with van der Waals surface area (Å²) in [6, 6.07) is 11.3. The van der Waals surface area contributed by atoms with E-state index in [1.54, 1.807) is 30.3 Å². The maximum atomic E-state index is 12.9. The van der Waals surface area contributed by atoms with Gasteiger partial charge in [-0.25, -0.2) is 9.18 Å². The zero-order valence-electron chi connectivity index (χ0n) is 11.4. The van der Waals surface area contributed by atoms with Crippen LogP contribution in [0.15, 0.2) is 42.5 Å². The third-order valence-corrected chi connectivity index (χ3v) is 3.20. The van der Waals surface area contributed by atoms with Crippen molar-refractivity contribution in [3.63, 3.8) is 0 Å². The number of carbonyl (C=O) groups is 1. The molecule has 0 amide bonds. The number of aromatic carboxylic acids is 1. The van der Waals surface area contributed by atoms with Gasteiger partial charge >= 0.3 is 5.97 Å². The lowest BCUT2D eigenvalue weighted by atomic mass is 10.1. The molecule has 1 N–H and O–H groups in total. The minimum atomic E-state index is -0.943. The maximum Gasteiger partial charge on any atom is 0.335 e. The number of anilines is 1. The first-order chi connectivity index (χ1) is 9.47. The Kier molecular flexibility index (Phi) is 4.03. The highest BCUT2D eigenvalue weighted by atomic mass is 19.1. The van der Waals surface area contributed by atoms with E-state index in [2.05, 4.69) is 0 Å². The van der Waals surface area contributed by atoms with Crippen molar-refractivity contribution in [1.82, 2.24) is 0 Å². The second-order valence-corrected chi connectivity index (χ2v) is 4.79. The Morgan fingerprint density at radius 3 is 2.45 bits per heavy atom. The van der Waals surface area contributed by atoms with E-state index in [9.17, 15) is 9.18 Å². The van der Waals surface area contributed by atoms with Crippen molar-refractivity contribution in [2.45, 2.75) is 13.5 Å². The van der Waals surface area contributed by atoms with Gasteiger partial charge in [-0.3, -0.25) is 0 Å². The van der Waals surface area contributed by atoms with Crippen molar-refractivity contribution in [1.29, 1.82) is 0 Å². The molecule has 2 aromatic rings. The number of hydrogen-bond donors (Lipinski definition) is 1. The van der Waals surface area contributed by atoms with Crippen LogP contribution >= 0.6 is 0 Å². The Balaban J connectivity index is 2.24. The lowest BCUT2D eigenvalue weighted by Crippen LogP contribution is -2.18. The molecule has 0 aliphatic carbocycles. The molecule has 2 rings (SSSR count). The minimum absolute atomic E-state index is 0.261. The van der Waals surface area contributed by atoms with Crippen LogP contribution in [0.1, 0.15) is 21.5 Å². The number of nitrogens with zero attached hydrogens (tertiary/aromatic N) is 1. The molecule has 0 bridgehead atoms. The Labute approximate surface area is 117 Å².